The number of thiophene rings is 1. The molecular weight excluding hydrogens is 374 g/mol. The molecule has 0 aliphatic heterocycles. The van der Waals surface area contributed by atoms with Gasteiger partial charge in [0.1, 0.15) is 4.90 Å². The molecule has 114 valence electrons. The van der Waals surface area contributed by atoms with Crippen molar-refractivity contribution in [3.8, 4) is 0 Å². The number of hydrogen-bond donors (Lipinski definition) is 1. The van der Waals surface area contributed by atoms with Crippen LogP contribution in [0.25, 0.3) is 0 Å². The maximum Gasteiger partial charge on any atom is 0.245 e. The summed E-state index contributed by atoms with van der Waals surface area (Å²) < 4.78 is 27.5. The van der Waals surface area contributed by atoms with E-state index in [0.717, 1.165) is 4.88 Å². The van der Waals surface area contributed by atoms with E-state index in [9.17, 15) is 8.42 Å². The Morgan fingerprint density at radius 3 is 2.71 bits per heavy atom. The third-order valence-corrected chi connectivity index (χ3v) is 7.14. The summed E-state index contributed by atoms with van der Waals surface area (Å²) in [5, 5.41) is 0. The van der Waals surface area contributed by atoms with Crippen LogP contribution in [-0.4, -0.2) is 24.3 Å². The molecule has 0 aliphatic carbocycles. The van der Waals surface area contributed by atoms with Crippen LogP contribution in [0.15, 0.2) is 39.1 Å². The molecule has 2 N–H and O–H groups in total. The SMILES string of the molecule is CCN(Cc1ccccn1)S(=O)(=O)c1cc(CN)sc1Br. The van der Waals surface area contributed by atoms with Gasteiger partial charge < -0.3 is 5.73 Å². The summed E-state index contributed by atoms with van der Waals surface area (Å²) in [6.07, 6.45) is 1.66. The number of sulfonamides is 1. The maximum absolute atomic E-state index is 12.8. The summed E-state index contributed by atoms with van der Waals surface area (Å²) in [7, 11) is -3.57. The lowest BCUT2D eigenvalue weighted by Crippen LogP contribution is -2.30. The molecule has 0 amide bonds. The number of rotatable bonds is 6. The van der Waals surface area contributed by atoms with Crippen molar-refractivity contribution in [1.29, 1.82) is 0 Å². The third-order valence-electron chi connectivity index (χ3n) is 2.94. The van der Waals surface area contributed by atoms with Crippen LogP contribution in [0.5, 0.6) is 0 Å². The van der Waals surface area contributed by atoms with E-state index in [0.29, 0.717) is 22.6 Å². The van der Waals surface area contributed by atoms with Crippen molar-refractivity contribution in [2.75, 3.05) is 6.54 Å². The van der Waals surface area contributed by atoms with Gasteiger partial charge in [-0.2, -0.15) is 4.31 Å². The van der Waals surface area contributed by atoms with E-state index >= 15 is 0 Å². The minimum absolute atomic E-state index is 0.250. The van der Waals surface area contributed by atoms with E-state index in [1.165, 1.54) is 15.6 Å². The minimum Gasteiger partial charge on any atom is -0.326 e. The molecule has 0 bridgehead atoms. The van der Waals surface area contributed by atoms with E-state index in [2.05, 4.69) is 20.9 Å². The van der Waals surface area contributed by atoms with Gasteiger partial charge in [0.25, 0.3) is 0 Å². The fourth-order valence-corrected chi connectivity index (χ4v) is 5.78. The molecule has 5 nitrogen and oxygen atoms in total. The predicted octanol–water partition coefficient (Wildman–Crippen LogP) is 2.58. The molecule has 0 radical (unpaired) electrons. The number of aromatic nitrogens is 1. The van der Waals surface area contributed by atoms with Gasteiger partial charge in [-0.15, -0.1) is 11.3 Å². The molecule has 0 saturated heterocycles. The Morgan fingerprint density at radius 2 is 2.19 bits per heavy atom. The lowest BCUT2D eigenvalue weighted by molar-refractivity contribution is 0.419. The van der Waals surface area contributed by atoms with E-state index in [-0.39, 0.29) is 11.4 Å². The highest BCUT2D eigenvalue weighted by Crippen LogP contribution is 2.33. The highest BCUT2D eigenvalue weighted by Gasteiger charge is 2.27. The van der Waals surface area contributed by atoms with Crippen LogP contribution in [0, 0.1) is 0 Å². The minimum atomic E-state index is -3.57. The first kappa shape index (κ1) is 16.6. The van der Waals surface area contributed by atoms with Gasteiger partial charge in [-0.1, -0.05) is 13.0 Å². The average molecular weight is 390 g/mol. The lowest BCUT2D eigenvalue weighted by atomic mass is 10.3. The Hall–Kier alpha value is -0.800. The molecule has 0 saturated carbocycles. The molecule has 2 aromatic heterocycles. The molecule has 0 aromatic carbocycles. The van der Waals surface area contributed by atoms with Crippen molar-refractivity contribution >= 4 is 37.3 Å². The highest BCUT2D eigenvalue weighted by atomic mass is 79.9. The maximum atomic E-state index is 12.8. The first-order valence-electron chi connectivity index (χ1n) is 6.37. The van der Waals surface area contributed by atoms with Gasteiger partial charge >= 0.3 is 0 Å². The first-order chi connectivity index (χ1) is 9.98. The van der Waals surface area contributed by atoms with Crippen molar-refractivity contribution < 1.29 is 8.42 Å². The molecule has 2 aromatic rings. The lowest BCUT2D eigenvalue weighted by Gasteiger charge is -2.19. The second-order valence-corrected chi connectivity index (χ2v) is 8.67. The topological polar surface area (TPSA) is 76.3 Å². The van der Waals surface area contributed by atoms with Gasteiger partial charge in [-0.05, 0) is 34.1 Å². The van der Waals surface area contributed by atoms with E-state index < -0.39 is 10.0 Å². The predicted molar refractivity (Wildman–Crippen MR) is 87.4 cm³/mol. The molecule has 0 fully saturated rings. The smallest absolute Gasteiger partial charge is 0.245 e. The zero-order valence-electron chi connectivity index (χ0n) is 11.5. The molecule has 8 heteroatoms. The Labute approximate surface area is 137 Å². The zero-order valence-corrected chi connectivity index (χ0v) is 14.7. The molecule has 21 heavy (non-hydrogen) atoms. The number of nitrogens with two attached hydrogens (primary N) is 1. The van der Waals surface area contributed by atoms with E-state index in [4.69, 9.17) is 5.73 Å². The second kappa shape index (κ2) is 6.97. The normalized spacial score (nSPS) is 12.0. The summed E-state index contributed by atoms with van der Waals surface area (Å²) in [5.74, 6) is 0. The molecule has 2 heterocycles. The van der Waals surface area contributed by atoms with Crippen LogP contribution in [-0.2, 0) is 23.1 Å². The standard InChI is InChI=1S/C13H16BrN3O2S2/c1-2-17(9-10-5-3-4-6-16-10)21(18,19)12-7-11(8-15)20-13(12)14/h3-7H,2,8-9,15H2,1H3. The Kier molecular flexibility index (Phi) is 5.50. The van der Waals surface area contributed by atoms with Crippen molar-refractivity contribution in [3.05, 3.63) is 44.8 Å². The molecule has 0 unspecified atom stereocenters. The van der Waals surface area contributed by atoms with Gasteiger partial charge in [-0.25, -0.2) is 8.42 Å². The van der Waals surface area contributed by atoms with Crippen molar-refractivity contribution in [2.45, 2.75) is 24.9 Å². The largest absolute Gasteiger partial charge is 0.326 e. The molecule has 0 atom stereocenters. The van der Waals surface area contributed by atoms with Crippen LogP contribution in [0.2, 0.25) is 0 Å². The molecule has 2 rings (SSSR count). The first-order valence-corrected chi connectivity index (χ1v) is 9.42. The van der Waals surface area contributed by atoms with Crippen LogP contribution < -0.4 is 5.73 Å². The fourth-order valence-electron chi connectivity index (χ4n) is 1.85. The van der Waals surface area contributed by atoms with Crippen molar-refractivity contribution in [3.63, 3.8) is 0 Å². The van der Waals surface area contributed by atoms with E-state index in [1.54, 1.807) is 18.3 Å². The Morgan fingerprint density at radius 1 is 1.43 bits per heavy atom. The van der Waals surface area contributed by atoms with Crippen molar-refractivity contribution in [1.82, 2.24) is 9.29 Å². The van der Waals surface area contributed by atoms with Crippen LogP contribution >= 0.6 is 27.3 Å². The van der Waals surface area contributed by atoms with Gasteiger partial charge in [-0.3, -0.25) is 4.98 Å². The number of nitrogens with zero attached hydrogens (tertiary/aromatic N) is 2. The van der Waals surface area contributed by atoms with Crippen molar-refractivity contribution in [2.24, 2.45) is 5.73 Å². The van der Waals surface area contributed by atoms with Crippen LogP contribution in [0.3, 0.4) is 0 Å². The molecule has 0 spiro atoms. The average Bonchev–Trinajstić information content (AvgIpc) is 2.87. The van der Waals surface area contributed by atoms with Crippen LogP contribution in [0.4, 0.5) is 0 Å². The molecule has 0 aliphatic rings. The summed E-state index contributed by atoms with van der Waals surface area (Å²) in [6, 6.07) is 7.09. The quantitative estimate of drug-likeness (QED) is 0.823. The Balaban J connectivity index is 2.33. The number of hydrogen-bond acceptors (Lipinski definition) is 5. The monoisotopic (exact) mass is 389 g/mol. The van der Waals surface area contributed by atoms with Gasteiger partial charge in [0, 0.05) is 24.2 Å². The summed E-state index contributed by atoms with van der Waals surface area (Å²) >= 11 is 4.66. The summed E-state index contributed by atoms with van der Waals surface area (Å²) in [5.41, 5.74) is 6.29. The summed E-state index contributed by atoms with van der Waals surface area (Å²) in [6.45, 7) is 2.76. The van der Waals surface area contributed by atoms with Crippen LogP contribution in [0.1, 0.15) is 17.5 Å². The summed E-state index contributed by atoms with van der Waals surface area (Å²) in [4.78, 5) is 5.28. The van der Waals surface area contributed by atoms with Gasteiger partial charge in [0.2, 0.25) is 10.0 Å². The number of halogens is 1. The van der Waals surface area contributed by atoms with Gasteiger partial charge in [0.15, 0.2) is 0 Å². The highest BCUT2D eigenvalue weighted by molar-refractivity contribution is 9.11. The molecular formula is C13H16BrN3O2S2. The number of pyridine rings is 1. The van der Waals surface area contributed by atoms with E-state index in [1.807, 2.05) is 19.1 Å². The fraction of sp³-hybridized carbons (Fsp3) is 0.308. The second-order valence-electron chi connectivity index (χ2n) is 4.31. The third kappa shape index (κ3) is 3.70. The zero-order chi connectivity index (χ0) is 15.5. The van der Waals surface area contributed by atoms with Gasteiger partial charge in [0.05, 0.1) is 16.0 Å². The Bertz CT molecular complexity index is 701.